The van der Waals surface area contributed by atoms with Crippen LogP contribution in [0.15, 0.2) is 17.3 Å². The highest BCUT2D eigenvalue weighted by Crippen LogP contribution is 2.11. The number of aromatic nitrogens is 2. The topological polar surface area (TPSA) is 75.1 Å². The zero-order chi connectivity index (χ0) is 9.68. The molecule has 0 amide bonds. The van der Waals surface area contributed by atoms with E-state index in [9.17, 15) is 4.79 Å². The Hall–Kier alpha value is -1.30. The van der Waals surface area contributed by atoms with Crippen molar-refractivity contribution in [1.82, 2.24) is 9.97 Å². The molecule has 0 atom stereocenters. The lowest BCUT2D eigenvalue weighted by Crippen LogP contribution is -2.14. The molecule has 0 unspecified atom stereocenters. The molecule has 0 fully saturated rings. The molecule has 0 aliphatic rings. The molecular weight excluding hydrogens is 190 g/mol. The van der Waals surface area contributed by atoms with E-state index in [1.165, 1.54) is 11.8 Å². The number of carboxylic acid groups (broad SMARTS) is 1. The van der Waals surface area contributed by atoms with Crippen molar-refractivity contribution in [3.63, 3.8) is 0 Å². The van der Waals surface area contributed by atoms with Crippen LogP contribution < -0.4 is 5.32 Å². The molecule has 6 heteroatoms. The van der Waals surface area contributed by atoms with Crippen molar-refractivity contribution in [2.75, 3.05) is 18.1 Å². The van der Waals surface area contributed by atoms with E-state index >= 15 is 0 Å². The van der Waals surface area contributed by atoms with Crippen LogP contribution in [-0.4, -0.2) is 33.8 Å². The van der Waals surface area contributed by atoms with Crippen LogP contribution in [0.5, 0.6) is 0 Å². The minimum absolute atomic E-state index is 0.169. The van der Waals surface area contributed by atoms with Crippen LogP contribution in [-0.2, 0) is 4.79 Å². The molecule has 0 saturated heterocycles. The first-order valence-electron chi connectivity index (χ1n) is 3.55. The number of thioether (sulfide) groups is 1. The van der Waals surface area contributed by atoms with Crippen molar-refractivity contribution in [3.05, 3.63) is 12.3 Å². The van der Waals surface area contributed by atoms with Crippen molar-refractivity contribution < 1.29 is 9.90 Å². The molecule has 1 rings (SSSR count). The SMILES string of the molecule is CSc1ccnc(NCC(=O)O)n1. The predicted molar refractivity (Wildman–Crippen MR) is 49.9 cm³/mol. The van der Waals surface area contributed by atoms with E-state index < -0.39 is 5.97 Å². The molecule has 2 N–H and O–H groups in total. The van der Waals surface area contributed by atoms with E-state index in [2.05, 4.69) is 15.3 Å². The van der Waals surface area contributed by atoms with E-state index in [-0.39, 0.29) is 6.54 Å². The van der Waals surface area contributed by atoms with Gasteiger partial charge in [0.15, 0.2) is 0 Å². The average Bonchev–Trinajstić information content (AvgIpc) is 2.15. The third-order valence-electron chi connectivity index (χ3n) is 1.24. The van der Waals surface area contributed by atoms with Gasteiger partial charge in [-0.05, 0) is 12.3 Å². The van der Waals surface area contributed by atoms with Gasteiger partial charge in [-0.25, -0.2) is 9.97 Å². The van der Waals surface area contributed by atoms with Gasteiger partial charge >= 0.3 is 5.97 Å². The van der Waals surface area contributed by atoms with Gasteiger partial charge in [0.25, 0.3) is 0 Å². The number of hydrogen-bond acceptors (Lipinski definition) is 5. The van der Waals surface area contributed by atoms with Crippen molar-refractivity contribution in [3.8, 4) is 0 Å². The number of hydrogen-bond donors (Lipinski definition) is 2. The standard InChI is InChI=1S/C7H9N3O2S/c1-13-5-2-3-8-7(10-5)9-4-6(11)12/h2-3H,4H2,1H3,(H,11,12)(H,8,9,10). The second-order valence-electron chi connectivity index (χ2n) is 2.17. The van der Waals surface area contributed by atoms with Crippen molar-refractivity contribution in [1.29, 1.82) is 0 Å². The van der Waals surface area contributed by atoms with E-state index in [1.54, 1.807) is 12.3 Å². The summed E-state index contributed by atoms with van der Waals surface area (Å²) in [5.74, 6) is -0.590. The van der Waals surface area contributed by atoms with E-state index in [4.69, 9.17) is 5.11 Å². The maximum absolute atomic E-state index is 10.2. The molecule has 1 aromatic heterocycles. The van der Waals surface area contributed by atoms with Crippen LogP contribution in [0.25, 0.3) is 0 Å². The lowest BCUT2D eigenvalue weighted by molar-refractivity contribution is -0.134. The van der Waals surface area contributed by atoms with Gasteiger partial charge in [-0.3, -0.25) is 4.79 Å². The number of carboxylic acids is 1. The Balaban J connectivity index is 2.61. The fourth-order valence-electron chi connectivity index (χ4n) is 0.696. The van der Waals surface area contributed by atoms with Crippen molar-refractivity contribution in [2.24, 2.45) is 0 Å². The molecule has 0 aliphatic carbocycles. The molecule has 0 spiro atoms. The largest absolute Gasteiger partial charge is 0.480 e. The highest BCUT2D eigenvalue weighted by molar-refractivity contribution is 7.98. The summed E-state index contributed by atoms with van der Waals surface area (Å²) in [4.78, 5) is 18.1. The lowest BCUT2D eigenvalue weighted by atomic mass is 10.6. The zero-order valence-electron chi connectivity index (χ0n) is 7.02. The Labute approximate surface area is 79.6 Å². The maximum atomic E-state index is 10.2. The molecule has 0 aliphatic heterocycles. The smallest absolute Gasteiger partial charge is 0.322 e. The number of anilines is 1. The second-order valence-corrected chi connectivity index (χ2v) is 3.00. The van der Waals surface area contributed by atoms with Crippen molar-refractivity contribution >= 4 is 23.7 Å². The second kappa shape index (κ2) is 4.66. The molecule has 1 aromatic rings. The Bertz CT molecular complexity index is 306. The van der Waals surface area contributed by atoms with Gasteiger partial charge < -0.3 is 10.4 Å². The third kappa shape index (κ3) is 3.29. The van der Waals surface area contributed by atoms with Crippen LogP contribution in [0.4, 0.5) is 5.95 Å². The first-order chi connectivity index (χ1) is 6.22. The van der Waals surface area contributed by atoms with Crippen LogP contribution in [0.2, 0.25) is 0 Å². The monoisotopic (exact) mass is 199 g/mol. The first kappa shape index (κ1) is 9.79. The van der Waals surface area contributed by atoms with Gasteiger partial charge in [-0.2, -0.15) is 0 Å². The Morgan fingerprint density at radius 2 is 2.54 bits per heavy atom. The molecule has 1 heterocycles. The highest BCUT2D eigenvalue weighted by atomic mass is 32.2. The summed E-state index contributed by atoms with van der Waals surface area (Å²) in [7, 11) is 0. The number of nitrogens with zero attached hydrogens (tertiary/aromatic N) is 2. The van der Waals surface area contributed by atoms with Gasteiger partial charge in [-0.1, -0.05) is 0 Å². The molecule has 13 heavy (non-hydrogen) atoms. The average molecular weight is 199 g/mol. The van der Waals surface area contributed by atoms with Crippen molar-refractivity contribution in [2.45, 2.75) is 5.03 Å². The van der Waals surface area contributed by atoms with Gasteiger partial charge in [0.1, 0.15) is 11.6 Å². The third-order valence-corrected chi connectivity index (χ3v) is 1.88. The minimum atomic E-state index is -0.932. The summed E-state index contributed by atoms with van der Waals surface area (Å²) < 4.78 is 0. The Morgan fingerprint density at radius 3 is 3.15 bits per heavy atom. The molecule has 5 nitrogen and oxygen atoms in total. The fraction of sp³-hybridized carbons (Fsp3) is 0.286. The molecule has 0 radical (unpaired) electrons. The normalized spacial score (nSPS) is 9.62. The number of aliphatic carboxylic acids is 1. The van der Waals surface area contributed by atoms with Crippen LogP contribution in [0.1, 0.15) is 0 Å². The number of rotatable bonds is 4. The first-order valence-corrected chi connectivity index (χ1v) is 4.77. The highest BCUT2D eigenvalue weighted by Gasteiger charge is 1.99. The van der Waals surface area contributed by atoms with Crippen LogP contribution in [0.3, 0.4) is 0 Å². The molecule has 0 saturated carbocycles. The maximum Gasteiger partial charge on any atom is 0.322 e. The lowest BCUT2D eigenvalue weighted by Gasteiger charge is -2.01. The van der Waals surface area contributed by atoms with Gasteiger partial charge in [-0.15, -0.1) is 11.8 Å². The quantitative estimate of drug-likeness (QED) is 0.549. The van der Waals surface area contributed by atoms with Gasteiger partial charge in [0.2, 0.25) is 5.95 Å². The molecule has 0 aromatic carbocycles. The van der Waals surface area contributed by atoms with E-state index in [0.29, 0.717) is 5.95 Å². The summed E-state index contributed by atoms with van der Waals surface area (Å²) in [5, 5.41) is 11.8. The predicted octanol–water partition coefficient (Wildman–Crippen LogP) is 0.695. The number of nitrogens with one attached hydrogen (secondary N) is 1. The van der Waals surface area contributed by atoms with Crippen LogP contribution in [0, 0.1) is 0 Å². The summed E-state index contributed by atoms with van der Waals surface area (Å²) >= 11 is 1.48. The van der Waals surface area contributed by atoms with E-state index in [1.807, 2.05) is 6.26 Å². The van der Waals surface area contributed by atoms with Gasteiger partial charge in [0.05, 0.1) is 0 Å². The van der Waals surface area contributed by atoms with Crippen LogP contribution >= 0.6 is 11.8 Å². The summed E-state index contributed by atoms with van der Waals surface area (Å²) in [5.41, 5.74) is 0. The zero-order valence-corrected chi connectivity index (χ0v) is 7.84. The Kier molecular flexibility index (Phi) is 3.51. The summed E-state index contributed by atoms with van der Waals surface area (Å²) in [6.45, 7) is -0.169. The Morgan fingerprint density at radius 1 is 1.77 bits per heavy atom. The summed E-state index contributed by atoms with van der Waals surface area (Å²) in [6, 6.07) is 1.76. The fourth-order valence-corrected chi connectivity index (χ4v) is 1.07. The molecule has 70 valence electrons. The number of carbonyl (C=O) groups is 1. The minimum Gasteiger partial charge on any atom is -0.480 e. The molecular formula is C7H9N3O2S. The van der Waals surface area contributed by atoms with E-state index in [0.717, 1.165) is 5.03 Å². The molecule has 0 bridgehead atoms. The van der Waals surface area contributed by atoms with Gasteiger partial charge in [0, 0.05) is 6.20 Å². The summed E-state index contributed by atoms with van der Waals surface area (Å²) in [6.07, 6.45) is 3.48.